The van der Waals surface area contributed by atoms with Gasteiger partial charge in [0.25, 0.3) is 0 Å². The molecule has 0 saturated heterocycles. The van der Waals surface area contributed by atoms with Crippen molar-refractivity contribution in [3.8, 4) is 11.8 Å². The van der Waals surface area contributed by atoms with E-state index >= 15 is 0 Å². The Hall–Kier alpha value is -1.53. The van der Waals surface area contributed by atoms with Gasteiger partial charge in [0, 0.05) is 0 Å². The van der Waals surface area contributed by atoms with Gasteiger partial charge in [0.2, 0.25) is 0 Å². The van der Waals surface area contributed by atoms with Gasteiger partial charge in [0.05, 0.1) is 19.1 Å². The van der Waals surface area contributed by atoms with Gasteiger partial charge in [-0.05, 0) is 19.1 Å². The molecule has 0 fully saturated rings. The molecule has 1 unspecified atom stereocenters. The van der Waals surface area contributed by atoms with Gasteiger partial charge in [-0.3, -0.25) is 0 Å². The third kappa shape index (κ3) is 3.92. The third-order valence-electron chi connectivity index (χ3n) is 1.61. The molecular weight excluding hydrogens is 178 g/mol. The molecule has 0 N–H and O–H groups in total. The van der Waals surface area contributed by atoms with Gasteiger partial charge in [-0.25, -0.2) is 0 Å². The molecule has 0 aliphatic rings. The fourth-order valence-corrected chi connectivity index (χ4v) is 0.995. The number of hydrogen-bond donors (Lipinski definition) is 0. The van der Waals surface area contributed by atoms with E-state index in [0.717, 1.165) is 5.75 Å². The van der Waals surface area contributed by atoms with E-state index in [2.05, 4.69) is 0 Å². The first-order valence-corrected chi connectivity index (χ1v) is 4.53. The van der Waals surface area contributed by atoms with Crippen molar-refractivity contribution in [1.29, 1.82) is 5.26 Å². The second-order valence-electron chi connectivity index (χ2n) is 2.78. The fraction of sp³-hybridized carbons (Fsp3) is 0.364. The van der Waals surface area contributed by atoms with Crippen molar-refractivity contribution in [2.75, 3.05) is 6.61 Å². The van der Waals surface area contributed by atoms with Gasteiger partial charge in [-0.2, -0.15) is 5.26 Å². The van der Waals surface area contributed by atoms with Crippen LogP contribution in [0.25, 0.3) is 0 Å². The predicted octanol–water partition coefficient (Wildman–Crippen LogP) is 2.34. The van der Waals surface area contributed by atoms with E-state index in [0.29, 0.717) is 13.0 Å². The minimum absolute atomic E-state index is 0.314. The Bertz CT molecular complexity index is 292. The van der Waals surface area contributed by atoms with E-state index in [1.807, 2.05) is 43.3 Å². The summed E-state index contributed by atoms with van der Waals surface area (Å²) < 4.78 is 10.7. The Morgan fingerprint density at radius 1 is 1.36 bits per heavy atom. The Balaban J connectivity index is 2.28. The Labute approximate surface area is 83.9 Å². The van der Waals surface area contributed by atoms with Crippen LogP contribution in [0.2, 0.25) is 0 Å². The minimum Gasteiger partial charge on any atom is -0.465 e. The highest BCUT2D eigenvalue weighted by atomic mass is 16.7. The highest BCUT2D eigenvalue weighted by molar-refractivity contribution is 5.20. The van der Waals surface area contributed by atoms with Gasteiger partial charge in [0.1, 0.15) is 5.75 Å². The summed E-state index contributed by atoms with van der Waals surface area (Å²) in [5.41, 5.74) is 0. The summed E-state index contributed by atoms with van der Waals surface area (Å²) in [7, 11) is 0. The molecule has 1 aromatic rings. The molecule has 0 aliphatic heterocycles. The number of nitriles is 1. The molecule has 0 bridgehead atoms. The molecule has 0 aliphatic carbocycles. The summed E-state index contributed by atoms with van der Waals surface area (Å²) in [6, 6.07) is 11.5. The van der Waals surface area contributed by atoms with Crippen molar-refractivity contribution < 1.29 is 9.47 Å². The van der Waals surface area contributed by atoms with E-state index < -0.39 is 0 Å². The van der Waals surface area contributed by atoms with Crippen molar-refractivity contribution in [3.63, 3.8) is 0 Å². The lowest BCUT2D eigenvalue weighted by Gasteiger charge is -2.14. The highest BCUT2D eigenvalue weighted by Crippen LogP contribution is 2.11. The number of hydrogen-bond acceptors (Lipinski definition) is 3. The Morgan fingerprint density at radius 2 is 2.07 bits per heavy atom. The zero-order valence-corrected chi connectivity index (χ0v) is 8.14. The highest BCUT2D eigenvalue weighted by Gasteiger charge is 2.02. The van der Waals surface area contributed by atoms with Crippen LogP contribution < -0.4 is 4.74 Å². The minimum atomic E-state index is -0.314. The Morgan fingerprint density at radius 3 is 2.71 bits per heavy atom. The summed E-state index contributed by atoms with van der Waals surface area (Å²) >= 11 is 0. The molecule has 0 heterocycles. The second-order valence-corrected chi connectivity index (χ2v) is 2.78. The molecule has 1 aromatic carbocycles. The number of nitrogens with zero attached hydrogens (tertiary/aromatic N) is 1. The van der Waals surface area contributed by atoms with Gasteiger partial charge in [0.15, 0.2) is 6.29 Å². The van der Waals surface area contributed by atoms with Gasteiger partial charge in [-0.1, -0.05) is 18.2 Å². The zero-order chi connectivity index (χ0) is 10.2. The van der Waals surface area contributed by atoms with Crippen LogP contribution in [0.1, 0.15) is 13.3 Å². The molecule has 3 nitrogen and oxygen atoms in total. The van der Waals surface area contributed by atoms with Crippen LogP contribution in [0.15, 0.2) is 30.3 Å². The van der Waals surface area contributed by atoms with Crippen LogP contribution in [-0.2, 0) is 4.74 Å². The van der Waals surface area contributed by atoms with Crippen LogP contribution in [0.3, 0.4) is 0 Å². The maximum Gasteiger partial charge on any atom is 0.197 e. The normalized spacial score (nSPS) is 11.7. The van der Waals surface area contributed by atoms with Crippen molar-refractivity contribution in [3.05, 3.63) is 30.3 Å². The molecule has 0 spiro atoms. The molecule has 74 valence electrons. The van der Waals surface area contributed by atoms with Crippen LogP contribution in [-0.4, -0.2) is 12.9 Å². The lowest BCUT2D eigenvalue weighted by molar-refractivity contribution is -0.0644. The summed E-state index contributed by atoms with van der Waals surface area (Å²) in [5.74, 6) is 0.775. The van der Waals surface area contributed by atoms with E-state index in [-0.39, 0.29) is 6.29 Å². The van der Waals surface area contributed by atoms with Crippen molar-refractivity contribution in [2.45, 2.75) is 19.6 Å². The number of para-hydroxylation sites is 1. The molecule has 3 heteroatoms. The van der Waals surface area contributed by atoms with Crippen molar-refractivity contribution in [1.82, 2.24) is 0 Å². The number of rotatable bonds is 5. The smallest absolute Gasteiger partial charge is 0.197 e. The van der Waals surface area contributed by atoms with E-state index in [1.54, 1.807) is 0 Å². The topological polar surface area (TPSA) is 42.2 Å². The molecule has 0 radical (unpaired) electrons. The molecule has 1 atom stereocenters. The van der Waals surface area contributed by atoms with E-state index in [9.17, 15) is 0 Å². The van der Waals surface area contributed by atoms with Gasteiger partial charge in [-0.15, -0.1) is 0 Å². The summed E-state index contributed by atoms with van der Waals surface area (Å²) in [4.78, 5) is 0. The molecular formula is C11H13NO2. The first kappa shape index (κ1) is 10.6. The maximum absolute atomic E-state index is 8.30. The van der Waals surface area contributed by atoms with Crippen LogP contribution >= 0.6 is 0 Å². The first-order valence-electron chi connectivity index (χ1n) is 4.53. The quantitative estimate of drug-likeness (QED) is 0.530. The van der Waals surface area contributed by atoms with Crippen molar-refractivity contribution >= 4 is 0 Å². The third-order valence-corrected chi connectivity index (χ3v) is 1.61. The summed E-state index contributed by atoms with van der Waals surface area (Å²) in [5, 5.41) is 8.30. The summed E-state index contributed by atoms with van der Waals surface area (Å²) in [6.07, 6.45) is 0.0772. The van der Waals surface area contributed by atoms with E-state index in [4.69, 9.17) is 14.7 Å². The molecule has 0 amide bonds. The van der Waals surface area contributed by atoms with E-state index in [1.165, 1.54) is 0 Å². The largest absolute Gasteiger partial charge is 0.465 e. The monoisotopic (exact) mass is 191 g/mol. The Kier molecular flexibility index (Phi) is 4.53. The lowest BCUT2D eigenvalue weighted by atomic mass is 10.3. The second kappa shape index (κ2) is 6.01. The predicted molar refractivity (Wildman–Crippen MR) is 52.7 cm³/mol. The van der Waals surface area contributed by atoms with Crippen LogP contribution in [0, 0.1) is 11.3 Å². The number of ether oxygens (including phenoxy) is 2. The molecule has 0 aromatic heterocycles. The molecule has 0 saturated carbocycles. The fourth-order valence-electron chi connectivity index (χ4n) is 0.995. The van der Waals surface area contributed by atoms with Crippen LogP contribution in [0.4, 0.5) is 0 Å². The lowest BCUT2D eigenvalue weighted by Crippen LogP contribution is -2.16. The summed E-state index contributed by atoms with van der Waals surface area (Å²) in [6.45, 7) is 2.22. The van der Waals surface area contributed by atoms with Gasteiger partial charge >= 0.3 is 0 Å². The molecule has 1 rings (SSSR count). The maximum atomic E-state index is 8.30. The SMILES string of the molecule is CC(OCCC#N)Oc1ccccc1. The van der Waals surface area contributed by atoms with Gasteiger partial charge < -0.3 is 9.47 Å². The zero-order valence-electron chi connectivity index (χ0n) is 8.14. The number of benzene rings is 1. The standard InChI is InChI=1S/C11H13NO2/c1-10(13-9-5-8-12)14-11-6-3-2-4-7-11/h2-4,6-7,10H,5,9H2,1H3. The average Bonchev–Trinajstić information content (AvgIpc) is 2.20. The van der Waals surface area contributed by atoms with Crippen LogP contribution in [0.5, 0.6) is 5.75 Å². The molecule has 14 heavy (non-hydrogen) atoms. The first-order chi connectivity index (χ1) is 6.83. The average molecular weight is 191 g/mol. The van der Waals surface area contributed by atoms with Crippen molar-refractivity contribution in [2.24, 2.45) is 0 Å².